The van der Waals surface area contributed by atoms with Crippen molar-refractivity contribution in [3.8, 4) is 17.1 Å². The number of fused-ring (bicyclic) bond motifs is 1. The minimum atomic E-state index is -0.327. The highest BCUT2D eigenvalue weighted by molar-refractivity contribution is 6.30. The lowest BCUT2D eigenvalue weighted by atomic mass is 9.97. The van der Waals surface area contributed by atoms with Crippen molar-refractivity contribution in [2.24, 2.45) is 5.92 Å². The first kappa shape index (κ1) is 18.4. The molecule has 0 saturated heterocycles. The van der Waals surface area contributed by atoms with Gasteiger partial charge in [-0.05, 0) is 48.7 Å². The Kier molecular flexibility index (Phi) is 5.53. The summed E-state index contributed by atoms with van der Waals surface area (Å²) in [6.45, 7) is 0.591. The monoisotopic (exact) mass is 399 g/mol. The van der Waals surface area contributed by atoms with Crippen LogP contribution in [0.4, 0.5) is 0 Å². The number of nitrogens with zero attached hydrogens (tertiary/aromatic N) is 3. The predicted molar refractivity (Wildman–Crippen MR) is 101 cm³/mol. The molecule has 0 saturated carbocycles. The second kappa shape index (κ2) is 8.39. The van der Waals surface area contributed by atoms with Gasteiger partial charge in [0.25, 0.3) is 0 Å². The summed E-state index contributed by atoms with van der Waals surface area (Å²) < 4.78 is 16.3. The molecule has 0 aliphatic carbocycles. The Balaban J connectivity index is 1.24. The van der Waals surface area contributed by atoms with E-state index >= 15 is 0 Å². The zero-order chi connectivity index (χ0) is 19.3. The molecule has 144 valence electrons. The molecular weight excluding hydrogens is 382 g/mol. The van der Waals surface area contributed by atoms with E-state index in [1.165, 1.54) is 0 Å². The van der Waals surface area contributed by atoms with Gasteiger partial charge in [0.15, 0.2) is 0 Å². The Morgan fingerprint density at radius 1 is 1.32 bits per heavy atom. The number of rotatable bonds is 6. The molecule has 3 heterocycles. The first-order chi connectivity index (χ1) is 13.7. The zero-order valence-corrected chi connectivity index (χ0v) is 15.8. The van der Waals surface area contributed by atoms with E-state index in [1.54, 1.807) is 18.5 Å². The number of esters is 1. The lowest BCUT2D eigenvalue weighted by Gasteiger charge is -2.24. The van der Waals surface area contributed by atoms with Crippen LogP contribution in [0.25, 0.3) is 11.4 Å². The molecule has 7 nitrogen and oxygen atoms in total. The molecule has 4 rings (SSSR count). The first-order valence-electron chi connectivity index (χ1n) is 9.00. The van der Waals surface area contributed by atoms with Gasteiger partial charge < -0.3 is 14.0 Å². The Morgan fingerprint density at radius 2 is 2.25 bits per heavy atom. The largest absolute Gasteiger partial charge is 0.492 e. The van der Waals surface area contributed by atoms with Crippen LogP contribution in [0, 0.1) is 5.92 Å². The molecule has 1 aliphatic heterocycles. The summed E-state index contributed by atoms with van der Waals surface area (Å²) in [7, 11) is 0. The van der Waals surface area contributed by atoms with Crippen molar-refractivity contribution in [2.45, 2.75) is 19.3 Å². The van der Waals surface area contributed by atoms with Gasteiger partial charge in [0.05, 0.1) is 12.5 Å². The van der Waals surface area contributed by atoms with E-state index in [2.05, 4.69) is 15.1 Å². The minimum Gasteiger partial charge on any atom is -0.492 e. The molecule has 1 unspecified atom stereocenters. The average molecular weight is 400 g/mol. The Labute approximate surface area is 166 Å². The highest BCUT2D eigenvalue weighted by Gasteiger charge is 2.27. The topological polar surface area (TPSA) is 87.3 Å². The lowest BCUT2D eigenvalue weighted by Crippen LogP contribution is -2.30. The van der Waals surface area contributed by atoms with Gasteiger partial charge in [-0.2, -0.15) is 4.98 Å². The van der Waals surface area contributed by atoms with Gasteiger partial charge >= 0.3 is 5.97 Å². The molecule has 28 heavy (non-hydrogen) atoms. The number of carbonyl (C=O) groups excluding carboxylic acids is 1. The smallest absolute Gasteiger partial charge is 0.312 e. The van der Waals surface area contributed by atoms with Crippen LogP contribution < -0.4 is 4.74 Å². The number of carbonyl (C=O) groups is 1. The van der Waals surface area contributed by atoms with Gasteiger partial charge in [-0.1, -0.05) is 16.8 Å². The van der Waals surface area contributed by atoms with Gasteiger partial charge in [-0.25, -0.2) is 0 Å². The van der Waals surface area contributed by atoms with Crippen LogP contribution in [0.1, 0.15) is 17.9 Å². The molecule has 1 aromatic carbocycles. The van der Waals surface area contributed by atoms with Crippen molar-refractivity contribution in [3.63, 3.8) is 0 Å². The summed E-state index contributed by atoms with van der Waals surface area (Å²) in [5.74, 6) is 1.17. The predicted octanol–water partition coefficient (Wildman–Crippen LogP) is 3.51. The maximum Gasteiger partial charge on any atom is 0.312 e. The molecule has 1 atom stereocenters. The van der Waals surface area contributed by atoms with E-state index in [0.717, 1.165) is 16.9 Å². The van der Waals surface area contributed by atoms with Gasteiger partial charge in [0, 0.05) is 29.4 Å². The van der Waals surface area contributed by atoms with Crippen molar-refractivity contribution in [1.82, 2.24) is 15.1 Å². The fraction of sp³-hybridized carbons (Fsp3) is 0.300. The van der Waals surface area contributed by atoms with Crippen molar-refractivity contribution in [1.29, 1.82) is 0 Å². The number of hydrogen-bond donors (Lipinski definition) is 0. The van der Waals surface area contributed by atoms with Crippen molar-refractivity contribution in [3.05, 3.63) is 59.2 Å². The molecule has 0 fully saturated rings. The molecule has 8 heteroatoms. The van der Waals surface area contributed by atoms with Crippen LogP contribution in [0.15, 0.2) is 47.2 Å². The molecule has 0 bridgehead atoms. The third kappa shape index (κ3) is 4.31. The van der Waals surface area contributed by atoms with E-state index in [0.29, 0.717) is 42.6 Å². The van der Waals surface area contributed by atoms with Crippen molar-refractivity contribution < 1.29 is 18.8 Å². The van der Waals surface area contributed by atoms with Crippen LogP contribution >= 0.6 is 11.6 Å². The van der Waals surface area contributed by atoms with E-state index < -0.39 is 0 Å². The fourth-order valence-electron chi connectivity index (χ4n) is 3.00. The second-order valence-electron chi connectivity index (χ2n) is 6.49. The van der Waals surface area contributed by atoms with Crippen LogP contribution in [-0.4, -0.2) is 34.3 Å². The molecule has 0 N–H and O–H groups in total. The van der Waals surface area contributed by atoms with Gasteiger partial charge in [0.2, 0.25) is 11.7 Å². The summed E-state index contributed by atoms with van der Waals surface area (Å²) in [5, 5.41) is 4.57. The Bertz CT molecular complexity index is 961. The molecule has 2 aromatic heterocycles. The zero-order valence-electron chi connectivity index (χ0n) is 15.0. The molecule has 0 amide bonds. The van der Waals surface area contributed by atoms with Gasteiger partial charge in [-0.15, -0.1) is 0 Å². The third-order valence-electron chi connectivity index (χ3n) is 4.43. The van der Waals surface area contributed by atoms with E-state index in [-0.39, 0.29) is 18.5 Å². The highest BCUT2D eigenvalue weighted by atomic mass is 35.5. The van der Waals surface area contributed by atoms with E-state index in [1.807, 2.05) is 24.3 Å². The number of ether oxygens (including phenoxy) is 2. The van der Waals surface area contributed by atoms with Crippen LogP contribution in [-0.2, 0) is 22.4 Å². The standard InChI is InChI=1S/C20H18ClN3O4/c21-16-5-6-17-14(10-16)9-15(12-27-17)20(25)26-8-2-4-18-23-19(24-28-18)13-3-1-7-22-11-13/h1,3,5-7,10-11,15H,2,4,8-9,12H2. The number of hydrogen-bond acceptors (Lipinski definition) is 7. The second-order valence-corrected chi connectivity index (χ2v) is 6.93. The summed E-state index contributed by atoms with van der Waals surface area (Å²) in [6, 6.07) is 9.10. The minimum absolute atomic E-state index is 0.271. The number of pyridine rings is 1. The van der Waals surface area contributed by atoms with Gasteiger partial charge in [-0.3, -0.25) is 9.78 Å². The summed E-state index contributed by atoms with van der Waals surface area (Å²) in [4.78, 5) is 20.7. The average Bonchev–Trinajstić information content (AvgIpc) is 3.20. The summed E-state index contributed by atoms with van der Waals surface area (Å²) in [6.07, 6.45) is 5.04. The molecule has 0 spiro atoms. The fourth-order valence-corrected chi connectivity index (χ4v) is 3.19. The normalized spacial score (nSPS) is 15.5. The first-order valence-corrected chi connectivity index (χ1v) is 9.37. The van der Waals surface area contributed by atoms with Crippen LogP contribution in [0.3, 0.4) is 0 Å². The number of halogens is 1. The number of aromatic nitrogens is 3. The van der Waals surface area contributed by atoms with E-state index in [4.69, 9.17) is 25.6 Å². The molecule has 3 aromatic rings. The molecule has 0 radical (unpaired) electrons. The number of benzene rings is 1. The quantitative estimate of drug-likeness (QED) is 0.463. The SMILES string of the molecule is O=C(OCCCc1nc(-c2cccnc2)no1)C1COc2ccc(Cl)cc2C1. The Hall–Kier alpha value is -2.93. The number of aryl methyl sites for hydroxylation is 1. The third-order valence-corrected chi connectivity index (χ3v) is 4.66. The maximum absolute atomic E-state index is 12.3. The summed E-state index contributed by atoms with van der Waals surface area (Å²) >= 11 is 6.01. The van der Waals surface area contributed by atoms with Crippen LogP contribution in [0.5, 0.6) is 5.75 Å². The summed E-state index contributed by atoms with van der Waals surface area (Å²) in [5.41, 5.74) is 1.72. The lowest BCUT2D eigenvalue weighted by molar-refractivity contribution is -0.150. The van der Waals surface area contributed by atoms with Crippen LogP contribution in [0.2, 0.25) is 5.02 Å². The Morgan fingerprint density at radius 3 is 3.11 bits per heavy atom. The highest BCUT2D eigenvalue weighted by Crippen LogP contribution is 2.30. The van der Waals surface area contributed by atoms with Gasteiger partial charge in [0.1, 0.15) is 12.4 Å². The molecule has 1 aliphatic rings. The maximum atomic E-state index is 12.3. The van der Waals surface area contributed by atoms with Crippen molar-refractivity contribution >= 4 is 17.6 Å². The molecular formula is C20H18ClN3O4. The van der Waals surface area contributed by atoms with Crippen molar-refractivity contribution in [2.75, 3.05) is 13.2 Å². The van der Waals surface area contributed by atoms with E-state index in [9.17, 15) is 4.79 Å².